The minimum Gasteiger partial charge on any atom is -0.481 e. The number of hydrogen-bond acceptors (Lipinski definition) is 14. The molecule has 4 aromatic carbocycles. The SMILES string of the molecule is COCCNS(=O)(=O)c1cc(S(=O)(=O)O)cc2c3c(ccc12)N(CCOC)C(=CC=CC1=[N+](CCCCCC(=O)O)c2ccc4c(S(=O)(=O)O)cc(S(=O)(=O)O)cc4c2C1(C)C)C3(C)CCCS(=O)(=O)O. The summed E-state index contributed by atoms with van der Waals surface area (Å²) in [7, 11) is -21.3. The molecule has 1 atom stereocenters. The van der Waals surface area contributed by atoms with E-state index in [0.717, 1.165) is 18.2 Å². The molecule has 2 aliphatic heterocycles. The fraction of sp³-hybridized carbons (Fsp3) is 0.422. The second-order valence-electron chi connectivity index (χ2n) is 17.9. The van der Waals surface area contributed by atoms with Crippen LogP contribution in [-0.4, -0.2) is 134 Å². The van der Waals surface area contributed by atoms with Gasteiger partial charge in [-0.25, -0.2) is 13.1 Å². The Labute approximate surface area is 412 Å². The number of nitrogens with zero attached hydrogens (tertiary/aromatic N) is 2. The maximum Gasteiger partial charge on any atom is 0.303 e. The van der Waals surface area contributed by atoms with Crippen LogP contribution in [-0.2, 0) is 75.6 Å². The first kappa shape index (κ1) is 55.6. The predicted molar refractivity (Wildman–Crippen MR) is 263 cm³/mol. The van der Waals surface area contributed by atoms with Crippen molar-refractivity contribution in [2.75, 3.05) is 57.7 Å². The molecule has 0 saturated heterocycles. The van der Waals surface area contributed by atoms with Crippen LogP contribution in [0.1, 0.15) is 70.4 Å². The highest BCUT2D eigenvalue weighted by Gasteiger charge is 2.48. The van der Waals surface area contributed by atoms with Crippen LogP contribution in [0.2, 0.25) is 0 Å². The Hall–Kier alpha value is -4.71. The van der Waals surface area contributed by atoms with Crippen LogP contribution in [0.25, 0.3) is 21.5 Å². The molecule has 4 aromatic rings. The van der Waals surface area contributed by atoms with Gasteiger partial charge in [-0.1, -0.05) is 12.1 Å². The summed E-state index contributed by atoms with van der Waals surface area (Å²) in [5, 5.41) is 9.47. The third-order valence-electron chi connectivity index (χ3n) is 12.8. The van der Waals surface area contributed by atoms with Crippen molar-refractivity contribution in [3.05, 3.63) is 83.6 Å². The summed E-state index contributed by atoms with van der Waals surface area (Å²) in [4.78, 5) is 10.4. The number of methoxy groups -OCH3 is 2. The van der Waals surface area contributed by atoms with E-state index in [-0.39, 0.29) is 73.7 Å². The number of ether oxygens (including phenoxy) is 2. The number of benzene rings is 4. The van der Waals surface area contributed by atoms with Crippen LogP contribution in [0.15, 0.2) is 92.0 Å². The van der Waals surface area contributed by atoms with Crippen molar-refractivity contribution in [1.82, 2.24) is 4.72 Å². The molecule has 21 nitrogen and oxygen atoms in total. The molecule has 0 aliphatic carbocycles. The van der Waals surface area contributed by atoms with Gasteiger partial charge in [-0.2, -0.15) is 38.2 Å². The highest BCUT2D eigenvalue weighted by Crippen LogP contribution is 2.54. The van der Waals surface area contributed by atoms with E-state index in [1.807, 2.05) is 9.48 Å². The maximum absolute atomic E-state index is 13.9. The van der Waals surface area contributed by atoms with E-state index < -0.39 is 92.6 Å². The molecule has 2 heterocycles. The number of aliphatic carboxylic acids is 1. The molecule has 0 amide bonds. The molecule has 0 saturated carbocycles. The number of anilines is 1. The number of rotatable bonds is 23. The van der Waals surface area contributed by atoms with Crippen molar-refractivity contribution in [3.63, 3.8) is 0 Å². The zero-order valence-electron chi connectivity index (χ0n) is 39.3. The van der Waals surface area contributed by atoms with E-state index in [2.05, 4.69) is 4.72 Å². The van der Waals surface area contributed by atoms with Crippen molar-refractivity contribution >= 4 is 95.1 Å². The fourth-order valence-corrected chi connectivity index (χ4v) is 13.4. The summed E-state index contributed by atoms with van der Waals surface area (Å²) in [6.07, 6.45) is 6.20. The van der Waals surface area contributed by atoms with Crippen molar-refractivity contribution in [3.8, 4) is 0 Å². The second kappa shape index (κ2) is 20.7. The summed E-state index contributed by atoms with van der Waals surface area (Å²) in [5.74, 6) is -1.65. The molecule has 388 valence electrons. The van der Waals surface area contributed by atoms with Gasteiger partial charge in [-0.3, -0.25) is 23.0 Å². The first-order chi connectivity index (χ1) is 32.9. The fourth-order valence-electron chi connectivity index (χ4n) is 9.71. The zero-order valence-corrected chi connectivity index (χ0v) is 43.4. The first-order valence-electron chi connectivity index (χ1n) is 22.0. The molecule has 0 fully saturated rings. The summed E-state index contributed by atoms with van der Waals surface area (Å²) < 4.78 is 184. The third-order valence-corrected chi connectivity index (χ3v) is 17.6. The van der Waals surface area contributed by atoms with Gasteiger partial charge in [-0.15, -0.1) is 0 Å². The highest BCUT2D eigenvalue weighted by molar-refractivity contribution is 7.90. The summed E-state index contributed by atoms with van der Waals surface area (Å²) in [6.45, 7) is 5.67. The van der Waals surface area contributed by atoms with E-state index in [9.17, 15) is 70.2 Å². The minimum atomic E-state index is -5.05. The summed E-state index contributed by atoms with van der Waals surface area (Å²) >= 11 is 0. The molecule has 1 unspecified atom stereocenters. The van der Waals surface area contributed by atoms with Crippen LogP contribution in [0.5, 0.6) is 0 Å². The lowest BCUT2D eigenvalue weighted by atomic mass is 9.75. The molecule has 6 N–H and O–H groups in total. The van der Waals surface area contributed by atoms with Gasteiger partial charge in [0.05, 0.1) is 39.1 Å². The molecular weight excluding hydrogens is 1030 g/mol. The molecule has 0 spiro atoms. The number of carboxylic acid groups (broad SMARTS) is 1. The van der Waals surface area contributed by atoms with Gasteiger partial charge in [0.25, 0.3) is 40.5 Å². The normalized spacial score (nSPS) is 18.1. The summed E-state index contributed by atoms with van der Waals surface area (Å²) in [6, 6.07) is 9.87. The lowest BCUT2D eigenvalue weighted by Crippen LogP contribution is -2.31. The number of fused-ring (bicyclic) bond motifs is 6. The standard InChI is InChI=1S/C45H55N3O18S5/c1-44(2)39(47(20-8-6-7-13-41(49)50)35-16-15-32-33(42(35)44)25-30(70(59,60)61)28-38(32)71(62,63)64)11-9-12-40-45(3,18-10-24-67(51,52)53)43-34-26-29(69(56,57)58)27-37(68(54,55)46-19-22-65-4)31(34)14-17-36(43)48(40)21-23-66-5/h9,11-12,14-17,25-28,46H,6-8,10,13,18-24H2,1-5H3,(H4-,49,50,51,52,53,56,57,58,59,60,61,62,63,64)/p+1. The van der Waals surface area contributed by atoms with E-state index in [1.54, 1.807) is 51.1 Å². The summed E-state index contributed by atoms with van der Waals surface area (Å²) in [5.41, 5.74) is 0.398. The Balaban J connectivity index is 1.62. The van der Waals surface area contributed by atoms with Crippen molar-refractivity contribution < 1.29 is 84.3 Å². The quantitative estimate of drug-likeness (QED) is 0.0315. The van der Waals surface area contributed by atoms with E-state index in [4.69, 9.17) is 9.47 Å². The van der Waals surface area contributed by atoms with Crippen LogP contribution in [0.4, 0.5) is 11.4 Å². The van der Waals surface area contributed by atoms with Gasteiger partial charge in [0, 0.05) is 85.4 Å². The Bertz CT molecular complexity index is 3480. The van der Waals surface area contributed by atoms with Crippen LogP contribution in [0.3, 0.4) is 0 Å². The maximum atomic E-state index is 13.9. The second-order valence-corrected chi connectivity index (χ2v) is 25.5. The molecule has 2 aliphatic rings. The Kier molecular flexibility index (Phi) is 16.2. The van der Waals surface area contributed by atoms with Gasteiger partial charge in [0.15, 0.2) is 5.71 Å². The lowest BCUT2D eigenvalue weighted by Gasteiger charge is -2.31. The Morgan fingerprint density at radius 1 is 0.718 bits per heavy atom. The molecule has 71 heavy (non-hydrogen) atoms. The highest BCUT2D eigenvalue weighted by atomic mass is 32.2. The van der Waals surface area contributed by atoms with Crippen LogP contribution < -0.4 is 9.62 Å². The van der Waals surface area contributed by atoms with Crippen molar-refractivity contribution in [2.24, 2.45) is 0 Å². The average molecular weight is 1090 g/mol. The molecule has 26 heteroatoms. The Morgan fingerprint density at radius 3 is 1.89 bits per heavy atom. The van der Waals surface area contributed by atoms with Gasteiger partial charge >= 0.3 is 5.97 Å². The topological polar surface area (TPSA) is 326 Å². The van der Waals surface area contributed by atoms with Gasteiger partial charge in [-0.05, 0) is 105 Å². The lowest BCUT2D eigenvalue weighted by molar-refractivity contribution is -0.438. The first-order valence-corrected chi connectivity index (χ1v) is 29.4. The number of unbranched alkanes of at least 4 members (excludes halogenated alkanes) is 2. The number of allylic oxidation sites excluding steroid dienone is 4. The third kappa shape index (κ3) is 11.7. The van der Waals surface area contributed by atoms with Crippen molar-refractivity contribution in [1.29, 1.82) is 0 Å². The van der Waals surface area contributed by atoms with E-state index in [0.29, 0.717) is 59.2 Å². The number of sulfonamides is 1. The minimum absolute atomic E-state index is 0.0273. The monoisotopic (exact) mass is 1090 g/mol. The molecule has 6 rings (SSSR count). The van der Waals surface area contributed by atoms with E-state index in [1.165, 1.54) is 26.4 Å². The molecular formula is C45H56N3O18S5+. The van der Waals surface area contributed by atoms with Crippen molar-refractivity contribution in [2.45, 2.75) is 89.7 Å². The van der Waals surface area contributed by atoms with Gasteiger partial charge < -0.3 is 19.5 Å². The number of hydrogen-bond donors (Lipinski definition) is 6. The Morgan fingerprint density at radius 2 is 1.31 bits per heavy atom. The zero-order chi connectivity index (χ0) is 52.7. The molecule has 0 aromatic heterocycles. The van der Waals surface area contributed by atoms with Crippen LogP contribution in [0, 0.1) is 0 Å². The van der Waals surface area contributed by atoms with E-state index >= 15 is 0 Å². The largest absolute Gasteiger partial charge is 0.481 e. The smallest absolute Gasteiger partial charge is 0.303 e. The van der Waals surface area contributed by atoms with Crippen LogP contribution >= 0.6 is 0 Å². The average Bonchev–Trinajstić information content (AvgIpc) is 3.62. The van der Waals surface area contributed by atoms with Gasteiger partial charge in [0.2, 0.25) is 15.7 Å². The molecule has 0 bridgehead atoms. The predicted octanol–water partition coefficient (Wildman–Crippen LogP) is 5.21. The molecule has 0 radical (unpaired) electrons. The number of carbonyl (C=O) groups is 1. The number of nitrogens with one attached hydrogen (secondary N) is 1. The number of carboxylic acids is 1. The van der Waals surface area contributed by atoms with Gasteiger partial charge in [0.1, 0.15) is 11.4 Å².